The standard InChI is InChI=1S/C14H18N2O2/c1-3-4-8-13(14(17)18)16(2)12-9-6-5-7-11(12)10-15/h5-7,9,13H,3-4,8H2,1-2H3,(H,17,18). The molecule has 0 aliphatic rings. The fourth-order valence-electron chi connectivity index (χ4n) is 1.92. The van der Waals surface area contributed by atoms with Crippen molar-refractivity contribution in [2.75, 3.05) is 11.9 Å². The van der Waals surface area contributed by atoms with Gasteiger partial charge in [-0.3, -0.25) is 0 Å². The van der Waals surface area contributed by atoms with Crippen molar-refractivity contribution in [1.82, 2.24) is 0 Å². The zero-order chi connectivity index (χ0) is 13.5. The normalized spacial score (nSPS) is 11.6. The highest BCUT2D eigenvalue weighted by Crippen LogP contribution is 2.22. The maximum absolute atomic E-state index is 11.3. The third kappa shape index (κ3) is 3.24. The molecule has 18 heavy (non-hydrogen) atoms. The second kappa shape index (κ2) is 6.65. The summed E-state index contributed by atoms with van der Waals surface area (Å²) < 4.78 is 0. The van der Waals surface area contributed by atoms with Gasteiger partial charge in [0.2, 0.25) is 0 Å². The maximum atomic E-state index is 11.3. The van der Waals surface area contributed by atoms with E-state index in [4.69, 9.17) is 5.26 Å². The number of unbranched alkanes of at least 4 members (excludes halogenated alkanes) is 1. The lowest BCUT2D eigenvalue weighted by atomic mass is 10.1. The maximum Gasteiger partial charge on any atom is 0.326 e. The van der Waals surface area contributed by atoms with E-state index < -0.39 is 12.0 Å². The van der Waals surface area contributed by atoms with Crippen molar-refractivity contribution in [3.63, 3.8) is 0 Å². The van der Waals surface area contributed by atoms with Crippen molar-refractivity contribution >= 4 is 11.7 Å². The first-order valence-corrected chi connectivity index (χ1v) is 6.06. The van der Waals surface area contributed by atoms with Crippen LogP contribution in [0.3, 0.4) is 0 Å². The molecule has 0 radical (unpaired) electrons. The van der Waals surface area contributed by atoms with Gasteiger partial charge < -0.3 is 10.0 Å². The Morgan fingerprint density at radius 1 is 1.50 bits per heavy atom. The largest absolute Gasteiger partial charge is 0.480 e. The van der Waals surface area contributed by atoms with Gasteiger partial charge in [-0.2, -0.15) is 5.26 Å². The van der Waals surface area contributed by atoms with Crippen LogP contribution in [0.2, 0.25) is 0 Å². The van der Waals surface area contributed by atoms with Crippen molar-refractivity contribution in [2.45, 2.75) is 32.2 Å². The Balaban J connectivity index is 2.98. The van der Waals surface area contributed by atoms with Gasteiger partial charge in [0, 0.05) is 7.05 Å². The molecule has 1 rings (SSSR count). The number of anilines is 1. The van der Waals surface area contributed by atoms with Crippen molar-refractivity contribution in [3.05, 3.63) is 29.8 Å². The molecule has 0 saturated heterocycles. The molecule has 1 aromatic carbocycles. The fraction of sp³-hybridized carbons (Fsp3) is 0.429. The number of aliphatic carboxylic acids is 1. The van der Waals surface area contributed by atoms with Gasteiger partial charge in [0.25, 0.3) is 0 Å². The summed E-state index contributed by atoms with van der Waals surface area (Å²) >= 11 is 0. The van der Waals surface area contributed by atoms with Gasteiger partial charge >= 0.3 is 5.97 Å². The number of likely N-dealkylation sites (N-methyl/N-ethyl adjacent to an activating group) is 1. The molecule has 0 spiro atoms. The van der Waals surface area contributed by atoms with E-state index in [0.717, 1.165) is 12.8 Å². The van der Waals surface area contributed by atoms with Crippen molar-refractivity contribution in [2.24, 2.45) is 0 Å². The van der Waals surface area contributed by atoms with Gasteiger partial charge in [0.1, 0.15) is 12.1 Å². The van der Waals surface area contributed by atoms with Crippen LogP contribution < -0.4 is 4.90 Å². The molecule has 4 nitrogen and oxygen atoms in total. The molecule has 4 heteroatoms. The first-order valence-electron chi connectivity index (χ1n) is 6.06. The summed E-state index contributed by atoms with van der Waals surface area (Å²) in [6.07, 6.45) is 2.40. The van der Waals surface area contributed by atoms with Crippen LogP contribution in [0, 0.1) is 11.3 Å². The van der Waals surface area contributed by atoms with Crippen LogP contribution in [0.1, 0.15) is 31.7 Å². The van der Waals surface area contributed by atoms with Gasteiger partial charge in [0.05, 0.1) is 11.3 Å². The molecule has 1 aromatic rings. The minimum atomic E-state index is -0.848. The molecule has 96 valence electrons. The summed E-state index contributed by atoms with van der Waals surface area (Å²) in [5.41, 5.74) is 1.17. The van der Waals surface area contributed by atoms with E-state index in [0.29, 0.717) is 17.7 Å². The van der Waals surface area contributed by atoms with E-state index in [1.807, 2.05) is 13.0 Å². The van der Waals surface area contributed by atoms with Crippen molar-refractivity contribution in [3.8, 4) is 6.07 Å². The van der Waals surface area contributed by atoms with E-state index >= 15 is 0 Å². The smallest absolute Gasteiger partial charge is 0.326 e. The van der Waals surface area contributed by atoms with Gasteiger partial charge in [-0.05, 0) is 18.6 Å². The average Bonchev–Trinajstić information content (AvgIpc) is 2.38. The molecule has 0 heterocycles. The summed E-state index contributed by atoms with van der Waals surface area (Å²) in [5.74, 6) is -0.848. The highest BCUT2D eigenvalue weighted by molar-refractivity contribution is 5.79. The first-order chi connectivity index (χ1) is 8.61. The van der Waals surface area contributed by atoms with Crippen LogP contribution in [-0.2, 0) is 4.79 Å². The predicted octanol–water partition coefficient (Wildman–Crippen LogP) is 2.64. The predicted molar refractivity (Wildman–Crippen MR) is 70.5 cm³/mol. The molecule has 0 aromatic heterocycles. The van der Waals surface area contributed by atoms with E-state index in [2.05, 4.69) is 6.07 Å². The number of carboxylic acids is 1. The van der Waals surface area contributed by atoms with Crippen molar-refractivity contribution < 1.29 is 9.90 Å². The molecule has 0 aliphatic carbocycles. The topological polar surface area (TPSA) is 64.3 Å². The highest BCUT2D eigenvalue weighted by atomic mass is 16.4. The number of nitrogens with zero attached hydrogens (tertiary/aromatic N) is 2. The molecule has 0 fully saturated rings. The van der Waals surface area contributed by atoms with Gasteiger partial charge in [-0.1, -0.05) is 31.9 Å². The van der Waals surface area contributed by atoms with Crippen LogP contribution in [0.15, 0.2) is 24.3 Å². The third-order valence-corrected chi connectivity index (χ3v) is 2.99. The molecule has 0 amide bonds. The number of carboxylic acid groups (broad SMARTS) is 1. The summed E-state index contributed by atoms with van der Waals surface area (Å²) in [4.78, 5) is 13.0. The van der Waals surface area contributed by atoms with Crippen LogP contribution in [-0.4, -0.2) is 24.2 Å². The Labute approximate surface area is 107 Å². The Bertz CT molecular complexity index is 451. The molecule has 1 N–H and O–H groups in total. The Hall–Kier alpha value is -2.02. The fourth-order valence-corrected chi connectivity index (χ4v) is 1.92. The molecule has 0 bridgehead atoms. The zero-order valence-corrected chi connectivity index (χ0v) is 10.8. The third-order valence-electron chi connectivity index (χ3n) is 2.99. The van der Waals surface area contributed by atoms with Crippen LogP contribution in [0.25, 0.3) is 0 Å². The first kappa shape index (κ1) is 14.0. The lowest BCUT2D eigenvalue weighted by Gasteiger charge is -2.27. The SMILES string of the molecule is CCCCC(C(=O)O)N(C)c1ccccc1C#N. The number of hydrogen-bond donors (Lipinski definition) is 1. The Morgan fingerprint density at radius 3 is 2.72 bits per heavy atom. The number of nitriles is 1. The number of benzene rings is 1. The van der Waals surface area contributed by atoms with Crippen LogP contribution in [0.4, 0.5) is 5.69 Å². The average molecular weight is 246 g/mol. The highest BCUT2D eigenvalue weighted by Gasteiger charge is 2.23. The zero-order valence-electron chi connectivity index (χ0n) is 10.8. The molecular formula is C14H18N2O2. The van der Waals surface area contributed by atoms with Crippen LogP contribution >= 0.6 is 0 Å². The summed E-state index contributed by atoms with van der Waals surface area (Å²) in [6, 6.07) is 8.57. The van der Waals surface area contributed by atoms with E-state index in [1.165, 1.54) is 0 Å². The van der Waals surface area contributed by atoms with E-state index in [-0.39, 0.29) is 0 Å². The lowest BCUT2D eigenvalue weighted by Crippen LogP contribution is -2.38. The number of rotatable bonds is 6. The minimum absolute atomic E-state index is 0.503. The van der Waals surface area contributed by atoms with Gasteiger partial charge in [-0.15, -0.1) is 0 Å². The summed E-state index contributed by atoms with van der Waals surface area (Å²) in [7, 11) is 1.73. The number of hydrogen-bond acceptors (Lipinski definition) is 3. The number of carbonyl (C=O) groups is 1. The second-order valence-corrected chi connectivity index (χ2v) is 4.24. The van der Waals surface area contributed by atoms with Gasteiger partial charge in [0.15, 0.2) is 0 Å². The minimum Gasteiger partial charge on any atom is -0.480 e. The summed E-state index contributed by atoms with van der Waals surface area (Å²) in [6.45, 7) is 2.03. The second-order valence-electron chi connectivity index (χ2n) is 4.24. The lowest BCUT2D eigenvalue weighted by molar-refractivity contribution is -0.138. The summed E-state index contributed by atoms with van der Waals surface area (Å²) in [5, 5.41) is 18.3. The van der Waals surface area contributed by atoms with Gasteiger partial charge in [-0.25, -0.2) is 4.79 Å². The molecule has 1 unspecified atom stereocenters. The van der Waals surface area contributed by atoms with E-state index in [1.54, 1.807) is 30.1 Å². The monoisotopic (exact) mass is 246 g/mol. The van der Waals surface area contributed by atoms with E-state index in [9.17, 15) is 9.90 Å². The molecule has 0 saturated carbocycles. The molecule has 0 aliphatic heterocycles. The van der Waals surface area contributed by atoms with Crippen LogP contribution in [0.5, 0.6) is 0 Å². The molecule has 1 atom stereocenters. The quantitative estimate of drug-likeness (QED) is 0.838. The molecular weight excluding hydrogens is 228 g/mol. The van der Waals surface area contributed by atoms with Crippen molar-refractivity contribution in [1.29, 1.82) is 5.26 Å². The Kier molecular flexibility index (Phi) is 5.19. The Morgan fingerprint density at radius 2 is 2.17 bits per heavy atom. The number of para-hydroxylation sites is 1.